The van der Waals surface area contributed by atoms with Crippen LogP contribution >= 0.6 is 0 Å². The number of carbonyl (C=O) groups is 3. The van der Waals surface area contributed by atoms with E-state index in [4.69, 9.17) is 14.2 Å². The summed E-state index contributed by atoms with van der Waals surface area (Å²) in [5.74, 6) is -0.868. The van der Waals surface area contributed by atoms with Crippen molar-refractivity contribution in [3.8, 4) is 0 Å². The predicted octanol–water partition coefficient (Wildman–Crippen LogP) is 18.7. The zero-order valence-electron chi connectivity index (χ0n) is 43.3. The highest BCUT2D eigenvalue weighted by atomic mass is 16.6. The maximum atomic E-state index is 12.8. The molecule has 0 radical (unpaired) electrons. The molecule has 0 aromatic carbocycles. The van der Waals surface area contributed by atoms with Crippen molar-refractivity contribution in [3.63, 3.8) is 0 Å². The maximum Gasteiger partial charge on any atom is 0.306 e. The highest BCUT2D eigenvalue weighted by Gasteiger charge is 2.19. The molecule has 0 heterocycles. The molecule has 0 saturated carbocycles. The van der Waals surface area contributed by atoms with Gasteiger partial charge in [0.1, 0.15) is 13.2 Å². The van der Waals surface area contributed by atoms with Gasteiger partial charge >= 0.3 is 17.9 Å². The van der Waals surface area contributed by atoms with Crippen molar-refractivity contribution in [2.45, 2.75) is 297 Å². The van der Waals surface area contributed by atoms with Crippen LogP contribution in [-0.2, 0) is 28.6 Å². The molecule has 0 rings (SSSR count). The van der Waals surface area contributed by atoms with E-state index in [1.165, 1.54) is 167 Å². The van der Waals surface area contributed by atoms with Gasteiger partial charge in [-0.25, -0.2) is 0 Å². The van der Waals surface area contributed by atoms with Crippen LogP contribution in [0.5, 0.6) is 0 Å². The normalized spacial score (nSPS) is 12.4. The Labute approximate surface area is 403 Å². The first-order valence-corrected chi connectivity index (χ1v) is 28.1. The van der Waals surface area contributed by atoms with Crippen LogP contribution in [0, 0.1) is 0 Å². The topological polar surface area (TPSA) is 78.9 Å². The van der Waals surface area contributed by atoms with Gasteiger partial charge in [0.2, 0.25) is 0 Å². The van der Waals surface area contributed by atoms with Crippen molar-refractivity contribution in [2.24, 2.45) is 0 Å². The molecule has 0 spiro atoms. The number of hydrogen-bond donors (Lipinski definition) is 0. The molecule has 0 aromatic heterocycles. The zero-order chi connectivity index (χ0) is 47.2. The Morgan fingerprint density at radius 2 is 0.600 bits per heavy atom. The Hall–Kier alpha value is -2.63. The lowest BCUT2D eigenvalue weighted by molar-refractivity contribution is -0.167. The van der Waals surface area contributed by atoms with Crippen LogP contribution < -0.4 is 0 Å². The second-order valence-corrected chi connectivity index (χ2v) is 18.8. The van der Waals surface area contributed by atoms with Gasteiger partial charge in [-0.3, -0.25) is 14.4 Å². The third-order valence-electron chi connectivity index (χ3n) is 12.3. The first-order chi connectivity index (χ1) is 32.0. The SMILES string of the molecule is CC/C=C\C/C=C\C/C=C\C/C=C\CCCCCCCCCCCCC(=O)OCC(COC(=O)CCCCCCCCC)OC(=O)CCCCCCCCCCCCCCCCCCC. The number of allylic oxidation sites excluding steroid dienone is 8. The third-order valence-corrected chi connectivity index (χ3v) is 12.3. The van der Waals surface area contributed by atoms with E-state index in [1.807, 2.05) is 0 Å². The molecular weight excluding hydrogens is 805 g/mol. The van der Waals surface area contributed by atoms with E-state index in [0.717, 1.165) is 83.5 Å². The van der Waals surface area contributed by atoms with Gasteiger partial charge in [-0.05, 0) is 57.8 Å². The lowest BCUT2D eigenvalue weighted by atomic mass is 10.0. The van der Waals surface area contributed by atoms with Gasteiger partial charge < -0.3 is 14.2 Å². The van der Waals surface area contributed by atoms with Crippen LogP contribution in [-0.4, -0.2) is 37.2 Å². The standard InChI is InChI=1S/C59H106O6/c1-4-7-10-13-16-18-20-22-24-26-27-28-29-30-31-33-34-36-38-40-43-46-49-52-58(61)64-55-56(54-63-57(60)51-48-45-42-15-12-9-6-3)65-59(62)53-50-47-44-41-39-37-35-32-25-23-21-19-17-14-11-8-5-2/h7,10,16,18,22,24,27-28,56H,4-6,8-9,11-15,17,19-21,23,25-26,29-55H2,1-3H3/b10-7-,18-16-,24-22-,28-27-. The molecule has 0 N–H and O–H groups in total. The summed E-state index contributed by atoms with van der Waals surface area (Å²) in [5, 5.41) is 0. The maximum absolute atomic E-state index is 12.8. The first kappa shape index (κ1) is 62.4. The molecule has 0 aromatic rings. The van der Waals surface area contributed by atoms with Crippen LogP contribution in [0.1, 0.15) is 290 Å². The minimum atomic E-state index is -0.769. The van der Waals surface area contributed by atoms with Crippen molar-refractivity contribution in [1.82, 2.24) is 0 Å². The third kappa shape index (κ3) is 52.2. The first-order valence-electron chi connectivity index (χ1n) is 28.1. The lowest BCUT2D eigenvalue weighted by Gasteiger charge is -2.18. The molecular formula is C59H106O6. The fourth-order valence-corrected chi connectivity index (χ4v) is 8.14. The molecule has 0 aliphatic heterocycles. The van der Waals surface area contributed by atoms with Crippen LogP contribution in [0.4, 0.5) is 0 Å². The summed E-state index contributed by atoms with van der Waals surface area (Å²) in [6.07, 6.45) is 65.5. The molecule has 0 aliphatic rings. The number of carbonyl (C=O) groups excluding carboxylic acids is 3. The molecule has 65 heavy (non-hydrogen) atoms. The van der Waals surface area contributed by atoms with Crippen molar-refractivity contribution >= 4 is 17.9 Å². The van der Waals surface area contributed by atoms with E-state index in [9.17, 15) is 14.4 Å². The predicted molar refractivity (Wildman–Crippen MR) is 279 cm³/mol. The summed E-state index contributed by atoms with van der Waals surface area (Å²) in [6.45, 7) is 6.51. The van der Waals surface area contributed by atoms with Gasteiger partial charge in [-0.1, -0.05) is 262 Å². The van der Waals surface area contributed by atoms with Gasteiger partial charge in [0.15, 0.2) is 6.10 Å². The average molecular weight is 911 g/mol. The van der Waals surface area contributed by atoms with Crippen LogP contribution in [0.3, 0.4) is 0 Å². The smallest absolute Gasteiger partial charge is 0.306 e. The average Bonchev–Trinajstić information content (AvgIpc) is 3.30. The lowest BCUT2D eigenvalue weighted by Crippen LogP contribution is -2.30. The highest BCUT2D eigenvalue weighted by Crippen LogP contribution is 2.16. The number of esters is 3. The van der Waals surface area contributed by atoms with Crippen LogP contribution in [0.15, 0.2) is 48.6 Å². The fraction of sp³-hybridized carbons (Fsp3) is 0.814. The molecule has 0 aliphatic carbocycles. The van der Waals surface area contributed by atoms with E-state index in [0.29, 0.717) is 19.3 Å². The van der Waals surface area contributed by atoms with Gasteiger partial charge in [-0.15, -0.1) is 0 Å². The Bertz CT molecular complexity index is 1140. The van der Waals surface area contributed by atoms with Gasteiger partial charge in [0.05, 0.1) is 0 Å². The van der Waals surface area contributed by atoms with Crippen molar-refractivity contribution < 1.29 is 28.6 Å². The minimum Gasteiger partial charge on any atom is -0.462 e. The minimum absolute atomic E-state index is 0.0707. The summed E-state index contributed by atoms with van der Waals surface area (Å²) in [4.78, 5) is 37.9. The fourth-order valence-electron chi connectivity index (χ4n) is 8.14. The molecule has 0 amide bonds. The monoisotopic (exact) mass is 911 g/mol. The number of hydrogen-bond acceptors (Lipinski definition) is 6. The van der Waals surface area contributed by atoms with E-state index in [1.54, 1.807) is 0 Å². The van der Waals surface area contributed by atoms with Gasteiger partial charge in [0.25, 0.3) is 0 Å². The summed E-state index contributed by atoms with van der Waals surface area (Å²) < 4.78 is 16.8. The van der Waals surface area contributed by atoms with Crippen molar-refractivity contribution in [2.75, 3.05) is 13.2 Å². The van der Waals surface area contributed by atoms with Crippen LogP contribution in [0.2, 0.25) is 0 Å². The Morgan fingerprint density at radius 1 is 0.323 bits per heavy atom. The van der Waals surface area contributed by atoms with E-state index in [-0.39, 0.29) is 31.1 Å². The van der Waals surface area contributed by atoms with E-state index >= 15 is 0 Å². The van der Waals surface area contributed by atoms with Crippen molar-refractivity contribution in [3.05, 3.63) is 48.6 Å². The highest BCUT2D eigenvalue weighted by molar-refractivity contribution is 5.71. The van der Waals surface area contributed by atoms with E-state index in [2.05, 4.69) is 69.4 Å². The molecule has 1 unspecified atom stereocenters. The van der Waals surface area contributed by atoms with Crippen LogP contribution in [0.25, 0.3) is 0 Å². The van der Waals surface area contributed by atoms with Gasteiger partial charge in [-0.2, -0.15) is 0 Å². The molecule has 6 heteroatoms. The number of unbranched alkanes of at least 4 members (excludes halogenated alkanes) is 32. The molecule has 6 nitrogen and oxygen atoms in total. The Balaban J connectivity index is 4.17. The second-order valence-electron chi connectivity index (χ2n) is 18.8. The quantitative estimate of drug-likeness (QED) is 0.0262. The summed E-state index contributed by atoms with van der Waals surface area (Å²) in [7, 11) is 0. The largest absolute Gasteiger partial charge is 0.462 e. The molecule has 378 valence electrons. The summed E-state index contributed by atoms with van der Waals surface area (Å²) in [6, 6.07) is 0. The molecule has 1 atom stereocenters. The molecule has 0 fully saturated rings. The Kier molecular flexibility index (Phi) is 51.8. The number of ether oxygens (including phenoxy) is 3. The molecule has 0 bridgehead atoms. The summed E-state index contributed by atoms with van der Waals surface area (Å²) >= 11 is 0. The zero-order valence-corrected chi connectivity index (χ0v) is 43.3. The Morgan fingerprint density at radius 3 is 0.938 bits per heavy atom. The molecule has 0 saturated heterocycles. The second kappa shape index (κ2) is 54.0. The van der Waals surface area contributed by atoms with E-state index < -0.39 is 6.10 Å². The van der Waals surface area contributed by atoms with Gasteiger partial charge in [0, 0.05) is 19.3 Å². The van der Waals surface area contributed by atoms with Crippen molar-refractivity contribution in [1.29, 1.82) is 0 Å². The summed E-state index contributed by atoms with van der Waals surface area (Å²) in [5.41, 5.74) is 0. The number of rotatable bonds is 51.